The lowest BCUT2D eigenvalue weighted by Crippen LogP contribution is -2.22. The molecule has 0 aliphatic carbocycles. The van der Waals surface area contributed by atoms with Crippen LogP contribution in [-0.2, 0) is 0 Å². The predicted octanol–water partition coefficient (Wildman–Crippen LogP) is 4.90. The molecule has 0 spiro atoms. The Morgan fingerprint density at radius 1 is 0.606 bits per heavy atom. The van der Waals surface area contributed by atoms with Crippen LogP contribution in [0.5, 0.6) is 34.5 Å². The molecule has 0 aliphatic rings. The largest absolute Gasteiger partial charge is 0.493 e. The SMILES string of the molecule is COc1cc([C@H](O)[C@H](C)Oc2c(OC)cc(-c3ccccc3)cc2OC)cc(OC)c1OC. The number of rotatable bonds is 10. The Morgan fingerprint density at radius 2 is 1.09 bits per heavy atom. The Morgan fingerprint density at radius 3 is 1.55 bits per heavy atom. The van der Waals surface area contributed by atoms with Crippen molar-refractivity contribution in [2.24, 2.45) is 0 Å². The molecule has 0 aliphatic heterocycles. The molecule has 7 nitrogen and oxygen atoms in total. The van der Waals surface area contributed by atoms with Gasteiger partial charge in [0, 0.05) is 0 Å². The number of ether oxygens (including phenoxy) is 6. The van der Waals surface area contributed by atoms with Gasteiger partial charge < -0.3 is 33.5 Å². The summed E-state index contributed by atoms with van der Waals surface area (Å²) in [6.07, 6.45) is -1.65. The second-order valence-electron chi connectivity index (χ2n) is 7.30. The maximum absolute atomic E-state index is 11.1. The van der Waals surface area contributed by atoms with Crippen molar-refractivity contribution in [1.29, 1.82) is 0 Å². The third-order valence-corrected chi connectivity index (χ3v) is 5.34. The lowest BCUT2D eigenvalue weighted by atomic mass is 10.0. The lowest BCUT2D eigenvalue weighted by molar-refractivity contribution is 0.0431. The van der Waals surface area contributed by atoms with E-state index >= 15 is 0 Å². The fraction of sp³-hybridized carbons (Fsp3) is 0.308. The smallest absolute Gasteiger partial charge is 0.203 e. The molecule has 7 heteroatoms. The number of hydrogen-bond acceptors (Lipinski definition) is 7. The topological polar surface area (TPSA) is 75.6 Å². The van der Waals surface area contributed by atoms with Gasteiger partial charge in [0.2, 0.25) is 11.5 Å². The van der Waals surface area contributed by atoms with Crippen LogP contribution in [0.3, 0.4) is 0 Å². The van der Waals surface area contributed by atoms with Crippen molar-refractivity contribution >= 4 is 0 Å². The minimum absolute atomic E-state index is 0.402. The molecular formula is C26H30O7. The van der Waals surface area contributed by atoms with Gasteiger partial charge in [0.25, 0.3) is 0 Å². The van der Waals surface area contributed by atoms with E-state index in [0.717, 1.165) is 11.1 Å². The van der Waals surface area contributed by atoms with Crippen LogP contribution in [0.25, 0.3) is 11.1 Å². The van der Waals surface area contributed by atoms with E-state index in [1.165, 1.54) is 21.3 Å². The van der Waals surface area contributed by atoms with E-state index in [1.807, 2.05) is 42.5 Å². The van der Waals surface area contributed by atoms with E-state index < -0.39 is 12.2 Å². The second kappa shape index (κ2) is 10.8. The highest BCUT2D eigenvalue weighted by Gasteiger charge is 2.25. The average Bonchev–Trinajstić information content (AvgIpc) is 2.87. The highest BCUT2D eigenvalue weighted by Crippen LogP contribution is 2.44. The quantitative estimate of drug-likeness (QED) is 0.467. The number of aliphatic hydroxyl groups is 1. The second-order valence-corrected chi connectivity index (χ2v) is 7.30. The van der Waals surface area contributed by atoms with E-state index in [2.05, 4.69) is 0 Å². The lowest BCUT2D eigenvalue weighted by Gasteiger charge is -2.25. The zero-order valence-electron chi connectivity index (χ0n) is 19.7. The Hall–Kier alpha value is -3.58. The molecule has 0 aromatic heterocycles. The van der Waals surface area contributed by atoms with Crippen molar-refractivity contribution in [3.63, 3.8) is 0 Å². The summed E-state index contributed by atoms with van der Waals surface area (Å²) in [6, 6.07) is 17.1. The van der Waals surface area contributed by atoms with E-state index in [1.54, 1.807) is 33.3 Å². The molecule has 1 N–H and O–H groups in total. The monoisotopic (exact) mass is 454 g/mol. The van der Waals surface area contributed by atoms with Gasteiger partial charge in [-0.1, -0.05) is 30.3 Å². The molecule has 3 aromatic rings. The first-order valence-electron chi connectivity index (χ1n) is 10.4. The van der Waals surface area contributed by atoms with Crippen molar-refractivity contribution in [1.82, 2.24) is 0 Å². The van der Waals surface area contributed by atoms with Crippen LogP contribution in [0.15, 0.2) is 54.6 Å². The first-order valence-corrected chi connectivity index (χ1v) is 10.4. The van der Waals surface area contributed by atoms with Gasteiger partial charge in [-0.2, -0.15) is 0 Å². The molecule has 0 unspecified atom stereocenters. The number of benzene rings is 3. The zero-order chi connectivity index (χ0) is 24.0. The van der Waals surface area contributed by atoms with E-state index in [-0.39, 0.29) is 0 Å². The number of aliphatic hydroxyl groups excluding tert-OH is 1. The predicted molar refractivity (Wildman–Crippen MR) is 126 cm³/mol. The van der Waals surface area contributed by atoms with E-state index in [0.29, 0.717) is 40.1 Å². The molecule has 0 radical (unpaired) electrons. The molecule has 0 bridgehead atoms. The van der Waals surface area contributed by atoms with Crippen molar-refractivity contribution in [3.8, 4) is 45.6 Å². The summed E-state index contributed by atoms with van der Waals surface area (Å²) >= 11 is 0. The van der Waals surface area contributed by atoms with Crippen molar-refractivity contribution < 1.29 is 33.5 Å². The van der Waals surface area contributed by atoms with Gasteiger partial charge in [0.15, 0.2) is 23.0 Å². The summed E-state index contributed by atoms with van der Waals surface area (Å²) in [6.45, 7) is 1.76. The summed E-state index contributed by atoms with van der Waals surface area (Å²) in [5.41, 5.74) is 2.50. The van der Waals surface area contributed by atoms with Crippen LogP contribution in [0, 0.1) is 0 Å². The molecule has 0 heterocycles. The van der Waals surface area contributed by atoms with Crippen molar-refractivity contribution in [2.45, 2.75) is 19.1 Å². The van der Waals surface area contributed by atoms with Gasteiger partial charge in [-0.25, -0.2) is 0 Å². The van der Waals surface area contributed by atoms with Crippen LogP contribution in [-0.4, -0.2) is 46.8 Å². The van der Waals surface area contributed by atoms with E-state index in [4.69, 9.17) is 28.4 Å². The van der Waals surface area contributed by atoms with Gasteiger partial charge in [-0.15, -0.1) is 0 Å². The molecule has 176 valence electrons. The summed E-state index contributed by atoms with van der Waals surface area (Å²) < 4.78 is 33.5. The third kappa shape index (κ3) is 5.09. The molecule has 0 fully saturated rings. The van der Waals surface area contributed by atoms with Crippen LogP contribution in [0.4, 0.5) is 0 Å². The van der Waals surface area contributed by atoms with Crippen LogP contribution in [0.2, 0.25) is 0 Å². The van der Waals surface area contributed by atoms with Gasteiger partial charge in [-0.05, 0) is 47.9 Å². The summed E-state index contributed by atoms with van der Waals surface area (Å²) in [5, 5.41) is 11.1. The maximum atomic E-state index is 11.1. The molecule has 2 atom stereocenters. The fourth-order valence-electron chi connectivity index (χ4n) is 3.59. The van der Waals surface area contributed by atoms with Gasteiger partial charge >= 0.3 is 0 Å². The summed E-state index contributed by atoms with van der Waals surface area (Å²) in [5.74, 6) is 2.73. The molecule has 0 saturated carbocycles. The van der Waals surface area contributed by atoms with Crippen LogP contribution < -0.4 is 28.4 Å². The summed E-state index contributed by atoms with van der Waals surface area (Å²) in [4.78, 5) is 0. The van der Waals surface area contributed by atoms with Gasteiger partial charge in [0.05, 0.1) is 35.5 Å². The molecule has 3 aromatic carbocycles. The Balaban J connectivity index is 1.94. The number of methoxy groups -OCH3 is 5. The van der Waals surface area contributed by atoms with Crippen molar-refractivity contribution in [3.05, 3.63) is 60.2 Å². The Bertz CT molecular complexity index is 1020. The Labute approximate surface area is 194 Å². The minimum atomic E-state index is -0.998. The van der Waals surface area contributed by atoms with Crippen LogP contribution in [0.1, 0.15) is 18.6 Å². The molecule has 33 heavy (non-hydrogen) atoms. The highest BCUT2D eigenvalue weighted by atomic mass is 16.6. The maximum Gasteiger partial charge on any atom is 0.203 e. The first-order chi connectivity index (χ1) is 16.0. The fourth-order valence-corrected chi connectivity index (χ4v) is 3.59. The zero-order valence-corrected chi connectivity index (χ0v) is 19.7. The van der Waals surface area contributed by atoms with Gasteiger partial charge in [-0.3, -0.25) is 0 Å². The normalized spacial score (nSPS) is 12.5. The van der Waals surface area contributed by atoms with E-state index in [9.17, 15) is 5.11 Å². The van der Waals surface area contributed by atoms with Crippen molar-refractivity contribution in [2.75, 3.05) is 35.5 Å². The average molecular weight is 455 g/mol. The highest BCUT2D eigenvalue weighted by molar-refractivity contribution is 5.71. The third-order valence-electron chi connectivity index (χ3n) is 5.34. The molecule has 0 saturated heterocycles. The molecule has 3 rings (SSSR count). The van der Waals surface area contributed by atoms with Crippen LogP contribution >= 0.6 is 0 Å². The standard InChI is InChI=1S/C26H30O7/c1-16(24(27)19-14-20(28-2)25(32-6)21(15-19)29-3)33-26-22(30-4)12-18(13-23(26)31-5)17-10-8-7-9-11-17/h7-16,24,27H,1-6H3/t16-,24+/m0/s1. The number of hydrogen-bond donors (Lipinski definition) is 1. The Kier molecular flexibility index (Phi) is 7.90. The molecular weight excluding hydrogens is 424 g/mol. The molecule has 0 amide bonds. The minimum Gasteiger partial charge on any atom is -0.493 e. The summed E-state index contributed by atoms with van der Waals surface area (Å²) in [7, 11) is 7.71. The first kappa shape index (κ1) is 24.1. The van der Waals surface area contributed by atoms with Gasteiger partial charge in [0.1, 0.15) is 12.2 Å².